The number of nitrogens with zero attached hydrogens (tertiary/aromatic N) is 1. The summed E-state index contributed by atoms with van der Waals surface area (Å²) in [5.74, 6) is -0.364. The largest absolute Gasteiger partial charge is 0.410 e. The highest BCUT2D eigenvalue weighted by Gasteiger charge is 2.04. The normalized spacial score (nSPS) is 11.1. The molecule has 74 valence electrons. The second-order valence-corrected chi connectivity index (χ2v) is 2.85. The summed E-state index contributed by atoms with van der Waals surface area (Å²) in [4.78, 5) is 11.1. The second kappa shape index (κ2) is 5.01. The number of hydrogen-bond acceptors (Lipinski definition) is 3. The van der Waals surface area contributed by atoms with Crippen molar-refractivity contribution >= 4 is 11.6 Å². The average molecular weight is 192 g/mol. The first kappa shape index (κ1) is 10.2. The number of nitrogens with one attached hydrogen (secondary N) is 1. The lowest BCUT2D eigenvalue weighted by molar-refractivity contribution is -0.115. The van der Waals surface area contributed by atoms with Crippen LogP contribution >= 0.6 is 0 Å². The fourth-order valence-corrected chi connectivity index (χ4v) is 0.952. The predicted molar refractivity (Wildman–Crippen MR) is 53.2 cm³/mol. The second-order valence-electron chi connectivity index (χ2n) is 2.85. The highest BCUT2D eigenvalue weighted by Crippen LogP contribution is 1.96. The minimum Gasteiger partial charge on any atom is -0.410 e. The van der Waals surface area contributed by atoms with Crippen molar-refractivity contribution in [2.75, 3.05) is 0 Å². The van der Waals surface area contributed by atoms with E-state index < -0.39 is 0 Å². The standard InChI is InChI=1S/C10H12N2O2/c1-8(12-14)10(13)11-7-9-5-3-2-4-6-9/h2-6,14H,7H2,1H3,(H,11,13). The van der Waals surface area contributed by atoms with Gasteiger partial charge < -0.3 is 10.5 Å². The maximum Gasteiger partial charge on any atom is 0.269 e. The molecule has 1 aromatic rings. The third kappa shape index (κ3) is 2.90. The van der Waals surface area contributed by atoms with Crippen LogP contribution in [0.15, 0.2) is 35.5 Å². The first-order chi connectivity index (χ1) is 6.74. The summed E-state index contributed by atoms with van der Waals surface area (Å²) in [6.45, 7) is 1.88. The maximum atomic E-state index is 11.1. The van der Waals surface area contributed by atoms with Crippen LogP contribution in [0, 0.1) is 0 Å². The third-order valence-corrected chi connectivity index (χ3v) is 1.77. The zero-order chi connectivity index (χ0) is 10.4. The van der Waals surface area contributed by atoms with Crippen molar-refractivity contribution in [2.45, 2.75) is 13.5 Å². The van der Waals surface area contributed by atoms with E-state index in [1.165, 1.54) is 6.92 Å². The van der Waals surface area contributed by atoms with Crippen LogP contribution in [-0.4, -0.2) is 16.8 Å². The van der Waals surface area contributed by atoms with Gasteiger partial charge >= 0.3 is 0 Å². The zero-order valence-corrected chi connectivity index (χ0v) is 7.90. The number of hydrogen-bond donors (Lipinski definition) is 2. The fourth-order valence-electron chi connectivity index (χ4n) is 0.952. The summed E-state index contributed by atoms with van der Waals surface area (Å²) >= 11 is 0. The Balaban J connectivity index is 2.46. The van der Waals surface area contributed by atoms with E-state index in [2.05, 4.69) is 10.5 Å². The number of oxime groups is 1. The number of carbonyl (C=O) groups is 1. The van der Waals surface area contributed by atoms with Gasteiger partial charge in [0.05, 0.1) is 0 Å². The lowest BCUT2D eigenvalue weighted by Gasteiger charge is -2.03. The Morgan fingerprint density at radius 1 is 1.43 bits per heavy atom. The minimum absolute atomic E-state index is 0.0564. The Kier molecular flexibility index (Phi) is 3.67. The van der Waals surface area contributed by atoms with Crippen LogP contribution in [0.1, 0.15) is 12.5 Å². The first-order valence-electron chi connectivity index (χ1n) is 4.25. The third-order valence-electron chi connectivity index (χ3n) is 1.77. The van der Waals surface area contributed by atoms with Gasteiger partial charge in [-0.3, -0.25) is 4.79 Å². The highest BCUT2D eigenvalue weighted by molar-refractivity contribution is 6.37. The monoisotopic (exact) mass is 192 g/mol. The van der Waals surface area contributed by atoms with E-state index in [0.29, 0.717) is 6.54 Å². The molecule has 0 aliphatic carbocycles. The molecule has 0 saturated heterocycles. The molecule has 0 aromatic heterocycles. The van der Waals surface area contributed by atoms with Crippen molar-refractivity contribution in [1.29, 1.82) is 0 Å². The Labute approximate surface area is 82.2 Å². The molecule has 0 unspecified atom stereocenters. The molecule has 1 aromatic carbocycles. The predicted octanol–water partition coefficient (Wildman–Crippen LogP) is 1.15. The molecule has 2 N–H and O–H groups in total. The molecular weight excluding hydrogens is 180 g/mol. The van der Waals surface area contributed by atoms with Crippen molar-refractivity contribution in [3.05, 3.63) is 35.9 Å². The van der Waals surface area contributed by atoms with Crippen LogP contribution in [0.2, 0.25) is 0 Å². The van der Waals surface area contributed by atoms with E-state index in [-0.39, 0.29) is 11.6 Å². The molecular formula is C10H12N2O2. The Morgan fingerprint density at radius 2 is 2.07 bits per heavy atom. The smallest absolute Gasteiger partial charge is 0.269 e. The van der Waals surface area contributed by atoms with E-state index in [0.717, 1.165) is 5.56 Å². The summed E-state index contributed by atoms with van der Waals surface area (Å²) in [7, 11) is 0. The summed E-state index contributed by atoms with van der Waals surface area (Å²) in [5.41, 5.74) is 1.06. The molecule has 0 fully saturated rings. The van der Waals surface area contributed by atoms with Gasteiger partial charge in [-0.1, -0.05) is 35.5 Å². The number of benzene rings is 1. The first-order valence-corrected chi connectivity index (χ1v) is 4.25. The lowest BCUT2D eigenvalue weighted by Crippen LogP contribution is -2.28. The van der Waals surface area contributed by atoms with Gasteiger partial charge in [-0.2, -0.15) is 0 Å². The van der Waals surface area contributed by atoms with Crippen molar-refractivity contribution in [2.24, 2.45) is 5.16 Å². The van der Waals surface area contributed by atoms with Gasteiger partial charge in [-0.15, -0.1) is 0 Å². The quantitative estimate of drug-likeness (QED) is 0.428. The molecule has 4 heteroatoms. The summed E-state index contributed by atoms with van der Waals surface area (Å²) in [6.07, 6.45) is 0. The van der Waals surface area contributed by atoms with E-state index in [4.69, 9.17) is 5.21 Å². The fraction of sp³-hybridized carbons (Fsp3) is 0.200. The molecule has 0 aliphatic rings. The molecule has 0 heterocycles. The molecule has 1 amide bonds. The molecule has 4 nitrogen and oxygen atoms in total. The van der Waals surface area contributed by atoms with Crippen molar-refractivity contribution in [1.82, 2.24) is 5.32 Å². The van der Waals surface area contributed by atoms with Gasteiger partial charge in [0.2, 0.25) is 0 Å². The van der Waals surface area contributed by atoms with Crippen LogP contribution in [0.25, 0.3) is 0 Å². The Morgan fingerprint density at radius 3 is 2.64 bits per heavy atom. The zero-order valence-electron chi connectivity index (χ0n) is 7.90. The lowest BCUT2D eigenvalue weighted by atomic mass is 10.2. The van der Waals surface area contributed by atoms with Crippen LogP contribution in [-0.2, 0) is 11.3 Å². The van der Waals surface area contributed by atoms with E-state index in [1.54, 1.807) is 0 Å². The van der Waals surface area contributed by atoms with Gasteiger partial charge in [-0.05, 0) is 12.5 Å². The molecule has 0 saturated carbocycles. The number of carbonyl (C=O) groups excluding carboxylic acids is 1. The van der Waals surface area contributed by atoms with Crippen molar-refractivity contribution in [3.63, 3.8) is 0 Å². The van der Waals surface area contributed by atoms with Crippen molar-refractivity contribution < 1.29 is 10.0 Å². The maximum absolute atomic E-state index is 11.1. The van der Waals surface area contributed by atoms with Gasteiger partial charge in [-0.25, -0.2) is 0 Å². The summed E-state index contributed by atoms with van der Waals surface area (Å²) in [6, 6.07) is 9.52. The minimum atomic E-state index is -0.364. The van der Waals surface area contributed by atoms with Crippen LogP contribution in [0.3, 0.4) is 0 Å². The Hall–Kier alpha value is -1.84. The van der Waals surface area contributed by atoms with Gasteiger partial charge in [0, 0.05) is 6.54 Å². The van der Waals surface area contributed by atoms with E-state index in [9.17, 15) is 4.79 Å². The molecule has 0 radical (unpaired) electrons. The van der Waals surface area contributed by atoms with Crippen molar-refractivity contribution in [3.8, 4) is 0 Å². The van der Waals surface area contributed by atoms with E-state index >= 15 is 0 Å². The van der Waals surface area contributed by atoms with Crippen LogP contribution in [0.4, 0.5) is 0 Å². The van der Waals surface area contributed by atoms with Crippen LogP contribution in [0.5, 0.6) is 0 Å². The van der Waals surface area contributed by atoms with E-state index in [1.807, 2.05) is 30.3 Å². The SMILES string of the molecule is CC(=NO)C(=O)NCc1ccccc1. The topological polar surface area (TPSA) is 61.7 Å². The Bertz CT molecular complexity index is 333. The summed E-state index contributed by atoms with van der Waals surface area (Å²) in [5, 5.41) is 13.8. The molecule has 0 bridgehead atoms. The van der Waals surface area contributed by atoms with Gasteiger partial charge in [0.1, 0.15) is 5.71 Å². The van der Waals surface area contributed by atoms with Gasteiger partial charge in [0.15, 0.2) is 0 Å². The molecule has 0 aliphatic heterocycles. The van der Waals surface area contributed by atoms with Crippen LogP contribution < -0.4 is 5.32 Å². The molecule has 0 spiro atoms. The number of rotatable bonds is 3. The molecule has 14 heavy (non-hydrogen) atoms. The average Bonchev–Trinajstić information content (AvgIpc) is 2.26. The highest BCUT2D eigenvalue weighted by atomic mass is 16.4. The number of amides is 1. The summed E-state index contributed by atoms with van der Waals surface area (Å²) < 4.78 is 0. The molecule has 1 rings (SSSR count). The molecule has 0 atom stereocenters. The van der Waals surface area contributed by atoms with Gasteiger partial charge in [0.25, 0.3) is 5.91 Å².